The van der Waals surface area contributed by atoms with Gasteiger partial charge in [-0.05, 0) is 37.1 Å². The van der Waals surface area contributed by atoms with Gasteiger partial charge in [0.05, 0.1) is 0 Å². The van der Waals surface area contributed by atoms with Crippen LogP contribution < -0.4 is 4.74 Å². The van der Waals surface area contributed by atoms with Crippen molar-refractivity contribution >= 4 is 5.97 Å². The van der Waals surface area contributed by atoms with E-state index in [1.807, 2.05) is 32.0 Å². The average molecular weight is 206 g/mol. The summed E-state index contributed by atoms with van der Waals surface area (Å²) in [5, 5.41) is 8.37. The van der Waals surface area contributed by atoms with Crippen LogP contribution in [0.2, 0.25) is 0 Å². The second-order valence-corrected chi connectivity index (χ2v) is 3.32. The molecule has 0 aliphatic heterocycles. The van der Waals surface area contributed by atoms with E-state index in [2.05, 4.69) is 0 Å². The number of benzene rings is 1. The number of carboxylic acid groups (broad SMARTS) is 1. The van der Waals surface area contributed by atoms with E-state index in [0.717, 1.165) is 23.0 Å². The molecule has 15 heavy (non-hydrogen) atoms. The van der Waals surface area contributed by atoms with Gasteiger partial charge >= 0.3 is 5.97 Å². The first-order valence-electron chi connectivity index (χ1n) is 4.69. The Morgan fingerprint density at radius 3 is 2.87 bits per heavy atom. The van der Waals surface area contributed by atoms with Crippen LogP contribution in [0.3, 0.4) is 0 Å². The summed E-state index contributed by atoms with van der Waals surface area (Å²) in [4.78, 5) is 10.2. The third-order valence-corrected chi connectivity index (χ3v) is 1.94. The molecule has 3 nitrogen and oxygen atoms in total. The normalized spacial score (nSPS) is 10.5. The average Bonchev–Trinajstić information content (AvgIpc) is 2.17. The van der Waals surface area contributed by atoms with E-state index >= 15 is 0 Å². The summed E-state index contributed by atoms with van der Waals surface area (Å²) in [5.41, 5.74) is 2.17. The SMILES string of the molecule is Cc1ccc(C)c(OCC=CC(=O)O)c1. The van der Waals surface area contributed by atoms with Gasteiger partial charge in [-0.15, -0.1) is 0 Å². The fourth-order valence-corrected chi connectivity index (χ4v) is 1.15. The summed E-state index contributed by atoms with van der Waals surface area (Å²) in [6.07, 6.45) is 2.55. The molecule has 0 heterocycles. The quantitative estimate of drug-likeness (QED) is 0.769. The van der Waals surface area contributed by atoms with Crippen LogP contribution in [-0.2, 0) is 4.79 Å². The summed E-state index contributed by atoms with van der Waals surface area (Å²) >= 11 is 0. The van der Waals surface area contributed by atoms with Crippen LogP contribution in [0.5, 0.6) is 5.75 Å². The standard InChI is InChI=1S/C12H14O3/c1-9-5-6-10(2)11(8-9)15-7-3-4-12(13)14/h3-6,8H,7H2,1-2H3,(H,13,14). The molecule has 80 valence electrons. The fourth-order valence-electron chi connectivity index (χ4n) is 1.15. The van der Waals surface area contributed by atoms with Crippen LogP contribution in [0.15, 0.2) is 30.4 Å². The van der Waals surface area contributed by atoms with Gasteiger partial charge in [-0.25, -0.2) is 4.79 Å². The summed E-state index contributed by atoms with van der Waals surface area (Å²) in [6.45, 7) is 4.21. The highest BCUT2D eigenvalue weighted by molar-refractivity contribution is 5.79. The van der Waals surface area contributed by atoms with E-state index in [-0.39, 0.29) is 6.61 Å². The molecular weight excluding hydrogens is 192 g/mol. The summed E-state index contributed by atoms with van der Waals surface area (Å²) in [6, 6.07) is 5.92. The Kier molecular flexibility index (Phi) is 3.92. The minimum atomic E-state index is -0.959. The number of carboxylic acids is 1. The number of carbonyl (C=O) groups is 1. The second-order valence-electron chi connectivity index (χ2n) is 3.32. The van der Waals surface area contributed by atoms with Crippen LogP contribution >= 0.6 is 0 Å². The molecule has 0 fully saturated rings. The molecule has 1 N–H and O–H groups in total. The summed E-state index contributed by atoms with van der Waals surface area (Å²) < 4.78 is 5.42. The Labute approximate surface area is 89.0 Å². The third-order valence-electron chi connectivity index (χ3n) is 1.94. The molecule has 0 radical (unpaired) electrons. The largest absolute Gasteiger partial charge is 0.489 e. The molecule has 0 spiro atoms. The molecule has 0 aliphatic carbocycles. The van der Waals surface area contributed by atoms with E-state index in [1.165, 1.54) is 6.08 Å². The van der Waals surface area contributed by atoms with Crippen molar-refractivity contribution in [1.82, 2.24) is 0 Å². The fraction of sp³-hybridized carbons (Fsp3) is 0.250. The van der Waals surface area contributed by atoms with Crippen LogP contribution in [0, 0.1) is 13.8 Å². The lowest BCUT2D eigenvalue weighted by molar-refractivity contribution is -0.131. The van der Waals surface area contributed by atoms with Crippen molar-refractivity contribution < 1.29 is 14.6 Å². The number of hydrogen-bond acceptors (Lipinski definition) is 2. The van der Waals surface area contributed by atoms with Crippen molar-refractivity contribution in [3.63, 3.8) is 0 Å². The molecule has 0 atom stereocenters. The molecule has 1 rings (SSSR count). The maximum Gasteiger partial charge on any atom is 0.328 e. The number of aryl methyl sites for hydroxylation is 2. The van der Waals surface area contributed by atoms with Gasteiger partial charge < -0.3 is 9.84 Å². The summed E-state index contributed by atoms with van der Waals surface area (Å²) in [7, 11) is 0. The summed E-state index contributed by atoms with van der Waals surface area (Å²) in [5.74, 6) is -0.162. The highest BCUT2D eigenvalue weighted by atomic mass is 16.5. The van der Waals surface area contributed by atoms with Gasteiger partial charge in [0.25, 0.3) is 0 Å². The smallest absolute Gasteiger partial charge is 0.328 e. The van der Waals surface area contributed by atoms with Gasteiger partial charge in [-0.2, -0.15) is 0 Å². The van der Waals surface area contributed by atoms with Crippen LogP contribution in [0.4, 0.5) is 0 Å². The van der Waals surface area contributed by atoms with Gasteiger partial charge in [0.1, 0.15) is 12.4 Å². The lowest BCUT2D eigenvalue weighted by Crippen LogP contribution is -1.97. The van der Waals surface area contributed by atoms with Gasteiger partial charge in [0.15, 0.2) is 0 Å². The zero-order chi connectivity index (χ0) is 11.3. The van der Waals surface area contributed by atoms with Crippen molar-refractivity contribution in [3.8, 4) is 5.75 Å². The minimum absolute atomic E-state index is 0.274. The van der Waals surface area contributed by atoms with Crippen molar-refractivity contribution in [1.29, 1.82) is 0 Å². The van der Waals surface area contributed by atoms with E-state index in [0.29, 0.717) is 0 Å². The van der Waals surface area contributed by atoms with Crippen molar-refractivity contribution in [3.05, 3.63) is 41.5 Å². The molecule has 0 amide bonds. The monoisotopic (exact) mass is 206 g/mol. The second kappa shape index (κ2) is 5.20. The molecular formula is C12H14O3. The molecule has 0 saturated carbocycles. The number of rotatable bonds is 4. The molecule has 0 saturated heterocycles. The minimum Gasteiger partial charge on any atom is -0.489 e. The van der Waals surface area contributed by atoms with Gasteiger partial charge in [0.2, 0.25) is 0 Å². The Morgan fingerprint density at radius 1 is 1.47 bits per heavy atom. The Balaban J connectivity index is 2.57. The van der Waals surface area contributed by atoms with Crippen molar-refractivity contribution in [2.75, 3.05) is 6.61 Å². The van der Waals surface area contributed by atoms with Gasteiger partial charge in [-0.1, -0.05) is 12.1 Å². The molecule has 1 aromatic carbocycles. The van der Waals surface area contributed by atoms with Crippen LogP contribution in [0.1, 0.15) is 11.1 Å². The first-order chi connectivity index (χ1) is 7.09. The molecule has 0 aromatic heterocycles. The third kappa shape index (κ3) is 3.85. The Morgan fingerprint density at radius 2 is 2.20 bits per heavy atom. The van der Waals surface area contributed by atoms with E-state index < -0.39 is 5.97 Å². The van der Waals surface area contributed by atoms with Gasteiger partial charge in [0, 0.05) is 6.08 Å². The van der Waals surface area contributed by atoms with Gasteiger partial charge in [-0.3, -0.25) is 0 Å². The first kappa shape index (κ1) is 11.3. The molecule has 1 aromatic rings. The number of ether oxygens (including phenoxy) is 1. The number of hydrogen-bond donors (Lipinski definition) is 1. The Hall–Kier alpha value is -1.77. The molecule has 0 aliphatic rings. The highest BCUT2D eigenvalue weighted by Gasteiger charge is 1.98. The van der Waals surface area contributed by atoms with Crippen molar-refractivity contribution in [2.24, 2.45) is 0 Å². The van der Waals surface area contributed by atoms with E-state index in [1.54, 1.807) is 0 Å². The predicted molar refractivity (Wildman–Crippen MR) is 58.2 cm³/mol. The molecule has 0 unspecified atom stereocenters. The topological polar surface area (TPSA) is 46.5 Å². The van der Waals surface area contributed by atoms with E-state index in [4.69, 9.17) is 9.84 Å². The zero-order valence-corrected chi connectivity index (χ0v) is 8.86. The van der Waals surface area contributed by atoms with E-state index in [9.17, 15) is 4.79 Å². The molecule has 3 heteroatoms. The van der Waals surface area contributed by atoms with Crippen LogP contribution in [0.25, 0.3) is 0 Å². The Bertz CT molecular complexity index is 380. The number of aliphatic carboxylic acids is 1. The zero-order valence-electron chi connectivity index (χ0n) is 8.86. The predicted octanol–water partition coefficient (Wildman–Crippen LogP) is 2.32. The maximum absolute atomic E-state index is 10.2. The lowest BCUT2D eigenvalue weighted by atomic mass is 10.1. The van der Waals surface area contributed by atoms with Crippen LogP contribution in [-0.4, -0.2) is 17.7 Å². The maximum atomic E-state index is 10.2. The van der Waals surface area contributed by atoms with Crippen molar-refractivity contribution in [2.45, 2.75) is 13.8 Å². The molecule has 0 bridgehead atoms. The lowest BCUT2D eigenvalue weighted by Gasteiger charge is -2.07. The highest BCUT2D eigenvalue weighted by Crippen LogP contribution is 2.18. The first-order valence-corrected chi connectivity index (χ1v) is 4.69.